The van der Waals surface area contributed by atoms with Crippen molar-refractivity contribution in [1.29, 1.82) is 0 Å². The van der Waals surface area contributed by atoms with Gasteiger partial charge in [0.1, 0.15) is 5.75 Å². The van der Waals surface area contributed by atoms with E-state index in [0.717, 1.165) is 17.5 Å². The maximum Gasteiger partial charge on any atom is 0.233 e. The second kappa shape index (κ2) is 3.68. The monoisotopic (exact) mass is 207 g/mol. The first-order chi connectivity index (χ1) is 7.22. The van der Waals surface area contributed by atoms with Crippen molar-refractivity contribution in [2.24, 2.45) is 10.9 Å². The molecular weight excluding hydrogens is 194 g/mol. The minimum Gasteiger partial charge on any atom is -0.508 e. The molecule has 2 rings (SSSR count). The van der Waals surface area contributed by atoms with Crippen molar-refractivity contribution in [3.63, 3.8) is 0 Å². The minimum absolute atomic E-state index is 0.0869. The molecule has 0 aromatic heterocycles. The van der Waals surface area contributed by atoms with Gasteiger partial charge < -0.3 is 20.9 Å². The van der Waals surface area contributed by atoms with Gasteiger partial charge in [-0.15, -0.1) is 0 Å². The molecule has 0 spiro atoms. The maximum absolute atomic E-state index is 9.66. The molecule has 0 saturated heterocycles. The minimum atomic E-state index is 0.0869. The number of fused-ring (bicyclic) bond motifs is 1. The number of phenols is 1. The van der Waals surface area contributed by atoms with E-state index in [1.54, 1.807) is 11.0 Å². The number of rotatable bonds is 0. The Morgan fingerprint density at radius 3 is 3.00 bits per heavy atom. The molecule has 1 aliphatic rings. The smallest absolute Gasteiger partial charge is 0.233 e. The van der Waals surface area contributed by atoms with E-state index in [1.807, 2.05) is 12.1 Å². The molecule has 0 atom stereocenters. The van der Waals surface area contributed by atoms with E-state index in [1.165, 1.54) is 0 Å². The first kappa shape index (κ1) is 9.64. The van der Waals surface area contributed by atoms with Gasteiger partial charge in [0.25, 0.3) is 0 Å². The number of oxime groups is 1. The second-order valence-corrected chi connectivity index (χ2v) is 3.54. The number of hydrogen-bond donors (Lipinski definition) is 3. The molecule has 4 N–H and O–H groups in total. The van der Waals surface area contributed by atoms with Crippen LogP contribution in [-0.4, -0.2) is 27.7 Å². The predicted octanol–water partition coefficient (Wildman–Crippen LogP) is 0.454. The number of guanidine groups is 1. The normalized spacial score (nSPS) is 16.3. The molecule has 0 bridgehead atoms. The fraction of sp³-hybridized carbons (Fsp3) is 0.300. The highest BCUT2D eigenvalue weighted by molar-refractivity contribution is 5.77. The van der Waals surface area contributed by atoms with Crippen molar-refractivity contribution in [2.45, 2.75) is 13.0 Å². The molecule has 1 aromatic rings. The van der Waals surface area contributed by atoms with Gasteiger partial charge in [-0.05, 0) is 18.1 Å². The molecule has 1 heterocycles. The summed E-state index contributed by atoms with van der Waals surface area (Å²) in [6.45, 7) is 1.18. The first-order valence-corrected chi connectivity index (χ1v) is 4.74. The number of phenolic OH excluding ortho intramolecular Hbond substituents is 1. The first-order valence-electron chi connectivity index (χ1n) is 4.74. The average Bonchev–Trinajstić information content (AvgIpc) is 2.28. The van der Waals surface area contributed by atoms with Crippen molar-refractivity contribution in [2.75, 3.05) is 6.54 Å². The Balaban J connectivity index is 2.30. The van der Waals surface area contributed by atoms with Gasteiger partial charge in [0, 0.05) is 18.7 Å². The third kappa shape index (κ3) is 1.68. The molecule has 5 heteroatoms. The van der Waals surface area contributed by atoms with Crippen LogP contribution in [0.25, 0.3) is 0 Å². The van der Waals surface area contributed by atoms with Crippen molar-refractivity contribution in [3.05, 3.63) is 29.3 Å². The summed E-state index contributed by atoms with van der Waals surface area (Å²) in [6, 6.07) is 5.46. The Bertz CT molecular complexity index is 404. The zero-order valence-electron chi connectivity index (χ0n) is 8.22. The van der Waals surface area contributed by atoms with Crippen molar-refractivity contribution >= 4 is 5.96 Å². The molecule has 1 aromatic carbocycles. The lowest BCUT2D eigenvalue weighted by molar-refractivity contribution is 0.291. The molecule has 0 fully saturated rings. The average molecular weight is 207 g/mol. The van der Waals surface area contributed by atoms with E-state index in [9.17, 15) is 5.11 Å². The van der Waals surface area contributed by atoms with Crippen LogP contribution in [-0.2, 0) is 13.0 Å². The summed E-state index contributed by atoms with van der Waals surface area (Å²) in [5, 5.41) is 21.2. The standard InChI is InChI=1S/C10H13N3O2/c11-10(12-15)13-5-4-7-2-1-3-9(14)8(7)6-13/h1-3,14-15H,4-6H2,(H2,11,12). The molecule has 15 heavy (non-hydrogen) atoms. The molecule has 0 amide bonds. The third-order valence-corrected chi connectivity index (χ3v) is 2.67. The van der Waals surface area contributed by atoms with Gasteiger partial charge in [0.2, 0.25) is 5.96 Å². The lowest BCUT2D eigenvalue weighted by atomic mass is 9.99. The summed E-state index contributed by atoms with van der Waals surface area (Å²) in [5.74, 6) is 0.354. The Hall–Kier alpha value is -1.91. The highest BCUT2D eigenvalue weighted by atomic mass is 16.4. The largest absolute Gasteiger partial charge is 0.508 e. The molecule has 0 aliphatic carbocycles. The second-order valence-electron chi connectivity index (χ2n) is 3.54. The van der Waals surface area contributed by atoms with Crippen LogP contribution >= 0.6 is 0 Å². The van der Waals surface area contributed by atoms with Crippen LogP contribution in [0.3, 0.4) is 0 Å². The zero-order valence-corrected chi connectivity index (χ0v) is 8.22. The maximum atomic E-state index is 9.66. The number of aromatic hydroxyl groups is 1. The van der Waals surface area contributed by atoms with Crippen LogP contribution in [0.1, 0.15) is 11.1 Å². The van der Waals surface area contributed by atoms with E-state index >= 15 is 0 Å². The van der Waals surface area contributed by atoms with Crippen LogP contribution in [0.5, 0.6) is 5.75 Å². The highest BCUT2D eigenvalue weighted by Crippen LogP contribution is 2.26. The van der Waals surface area contributed by atoms with Crippen LogP contribution in [0.4, 0.5) is 0 Å². The van der Waals surface area contributed by atoms with Gasteiger partial charge in [-0.3, -0.25) is 0 Å². The lowest BCUT2D eigenvalue weighted by Crippen LogP contribution is -2.40. The summed E-state index contributed by atoms with van der Waals surface area (Å²) in [7, 11) is 0. The van der Waals surface area contributed by atoms with Gasteiger partial charge in [0.15, 0.2) is 0 Å². The Labute approximate surface area is 87.4 Å². The summed E-state index contributed by atoms with van der Waals surface area (Å²) < 4.78 is 0. The fourth-order valence-corrected chi connectivity index (χ4v) is 1.82. The zero-order chi connectivity index (χ0) is 10.8. The third-order valence-electron chi connectivity index (χ3n) is 2.67. The highest BCUT2D eigenvalue weighted by Gasteiger charge is 2.20. The topological polar surface area (TPSA) is 82.1 Å². The fourth-order valence-electron chi connectivity index (χ4n) is 1.82. The molecule has 0 unspecified atom stereocenters. The predicted molar refractivity (Wildman–Crippen MR) is 55.6 cm³/mol. The quantitative estimate of drug-likeness (QED) is 0.250. The molecule has 5 nitrogen and oxygen atoms in total. The van der Waals surface area contributed by atoms with E-state index in [4.69, 9.17) is 10.9 Å². The summed E-state index contributed by atoms with van der Waals surface area (Å²) in [5.41, 5.74) is 7.48. The van der Waals surface area contributed by atoms with Crippen molar-refractivity contribution in [1.82, 2.24) is 4.90 Å². The van der Waals surface area contributed by atoms with Crippen LogP contribution < -0.4 is 5.73 Å². The summed E-state index contributed by atoms with van der Waals surface area (Å²) in [4.78, 5) is 1.72. The van der Waals surface area contributed by atoms with Crippen LogP contribution in [0, 0.1) is 0 Å². The Kier molecular flexibility index (Phi) is 2.37. The van der Waals surface area contributed by atoms with Crippen LogP contribution in [0.15, 0.2) is 23.4 Å². The molecule has 80 valence electrons. The van der Waals surface area contributed by atoms with Crippen molar-refractivity contribution in [3.8, 4) is 5.75 Å². The molecule has 0 radical (unpaired) electrons. The van der Waals surface area contributed by atoms with Gasteiger partial charge in [0.05, 0.1) is 0 Å². The number of benzene rings is 1. The van der Waals surface area contributed by atoms with E-state index < -0.39 is 0 Å². The van der Waals surface area contributed by atoms with Gasteiger partial charge in [-0.2, -0.15) is 0 Å². The molecule has 0 saturated carbocycles. The van der Waals surface area contributed by atoms with Gasteiger partial charge in [-0.25, -0.2) is 0 Å². The number of nitrogens with two attached hydrogens (primary N) is 1. The lowest BCUT2D eigenvalue weighted by Gasteiger charge is -2.29. The molecule has 1 aliphatic heterocycles. The SMILES string of the molecule is N/C(=N\O)N1CCc2cccc(O)c2C1. The summed E-state index contributed by atoms with van der Waals surface area (Å²) in [6.07, 6.45) is 0.792. The molecular formula is C10H13N3O2. The Morgan fingerprint density at radius 2 is 2.27 bits per heavy atom. The number of hydrogen-bond acceptors (Lipinski definition) is 3. The summed E-state index contributed by atoms with van der Waals surface area (Å²) >= 11 is 0. The van der Waals surface area contributed by atoms with Gasteiger partial charge in [-0.1, -0.05) is 17.3 Å². The van der Waals surface area contributed by atoms with E-state index in [0.29, 0.717) is 13.1 Å². The number of nitrogens with zero attached hydrogens (tertiary/aromatic N) is 2. The van der Waals surface area contributed by atoms with Crippen molar-refractivity contribution < 1.29 is 10.3 Å². The van der Waals surface area contributed by atoms with E-state index in [2.05, 4.69) is 5.16 Å². The van der Waals surface area contributed by atoms with Gasteiger partial charge >= 0.3 is 0 Å². The Morgan fingerprint density at radius 1 is 1.47 bits per heavy atom. The van der Waals surface area contributed by atoms with E-state index in [-0.39, 0.29) is 11.7 Å². The van der Waals surface area contributed by atoms with Crippen LogP contribution in [0.2, 0.25) is 0 Å².